The van der Waals surface area contributed by atoms with E-state index in [1.807, 2.05) is 11.8 Å². The SMILES string of the molecule is CCCCC1CCCC1NCC(C)SC. The number of nitrogens with one attached hydrogen (secondary N) is 1. The highest BCUT2D eigenvalue weighted by atomic mass is 32.2. The molecule has 1 aliphatic rings. The van der Waals surface area contributed by atoms with Crippen molar-refractivity contribution in [2.45, 2.75) is 63.7 Å². The van der Waals surface area contributed by atoms with Gasteiger partial charge in [-0.3, -0.25) is 0 Å². The average molecular weight is 229 g/mol. The maximum absolute atomic E-state index is 3.77. The summed E-state index contributed by atoms with van der Waals surface area (Å²) in [5.74, 6) is 0.971. The molecular weight excluding hydrogens is 202 g/mol. The van der Waals surface area contributed by atoms with E-state index in [2.05, 4.69) is 25.4 Å². The molecule has 90 valence electrons. The van der Waals surface area contributed by atoms with Crippen LogP contribution in [0.15, 0.2) is 0 Å². The molecule has 0 aromatic carbocycles. The molecule has 1 nitrogen and oxygen atoms in total. The van der Waals surface area contributed by atoms with Crippen molar-refractivity contribution in [1.29, 1.82) is 0 Å². The molecule has 1 rings (SSSR count). The van der Waals surface area contributed by atoms with E-state index in [0.717, 1.165) is 17.2 Å². The summed E-state index contributed by atoms with van der Waals surface area (Å²) in [6, 6.07) is 0.825. The third kappa shape index (κ3) is 4.78. The van der Waals surface area contributed by atoms with Crippen LogP contribution in [0.2, 0.25) is 0 Å². The maximum Gasteiger partial charge on any atom is 0.0141 e. The van der Waals surface area contributed by atoms with E-state index in [1.165, 1.54) is 45.1 Å². The van der Waals surface area contributed by atoms with Gasteiger partial charge in [-0.1, -0.05) is 33.1 Å². The Labute approximate surface area is 99.8 Å². The van der Waals surface area contributed by atoms with Crippen molar-refractivity contribution in [3.8, 4) is 0 Å². The Morgan fingerprint density at radius 1 is 1.40 bits per heavy atom. The van der Waals surface area contributed by atoms with Crippen molar-refractivity contribution in [3.63, 3.8) is 0 Å². The summed E-state index contributed by atoms with van der Waals surface area (Å²) in [5.41, 5.74) is 0. The Bertz CT molecular complexity index is 161. The second kappa shape index (κ2) is 7.56. The first-order valence-electron chi connectivity index (χ1n) is 6.54. The molecule has 15 heavy (non-hydrogen) atoms. The molecule has 1 saturated carbocycles. The third-order valence-corrected chi connectivity index (χ3v) is 4.63. The maximum atomic E-state index is 3.77. The van der Waals surface area contributed by atoms with Crippen LogP contribution in [0.4, 0.5) is 0 Å². The van der Waals surface area contributed by atoms with Gasteiger partial charge >= 0.3 is 0 Å². The monoisotopic (exact) mass is 229 g/mol. The normalized spacial score (nSPS) is 28.2. The van der Waals surface area contributed by atoms with Gasteiger partial charge in [0.05, 0.1) is 0 Å². The zero-order chi connectivity index (χ0) is 11.1. The van der Waals surface area contributed by atoms with Crippen LogP contribution in [-0.2, 0) is 0 Å². The van der Waals surface area contributed by atoms with E-state index in [1.54, 1.807) is 0 Å². The average Bonchev–Trinajstić information content (AvgIpc) is 2.70. The minimum Gasteiger partial charge on any atom is -0.313 e. The van der Waals surface area contributed by atoms with Crippen LogP contribution in [0.3, 0.4) is 0 Å². The highest BCUT2D eigenvalue weighted by Gasteiger charge is 2.26. The first-order chi connectivity index (χ1) is 7.27. The molecule has 0 radical (unpaired) electrons. The molecule has 0 aromatic rings. The van der Waals surface area contributed by atoms with Gasteiger partial charge in [-0.05, 0) is 31.4 Å². The molecule has 3 atom stereocenters. The summed E-state index contributed by atoms with van der Waals surface area (Å²) in [6.45, 7) is 5.80. The first kappa shape index (κ1) is 13.4. The highest BCUT2D eigenvalue weighted by molar-refractivity contribution is 7.99. The minimum absolute atomic E-state index is 0.762. The molecule has 1 aliphatic carbocycles. The molecule has 0 aliphatic heterocycles. The predicted molar refractivity (Wildman–Crippen MR) is 71.6 cm³/mol. The van der Waals surface area contributed by atoms with E-state index in [0.29, 0.717) is 0 Å². The lowest BCUT2D eigenvalue weighted by molar-refractivity contribution is 0.372. The summed E-state index contributed by atoms with van der Waals surface area (Å²) in [4.78, 5) is 0. The largest absolute Gasteiger partial charge is 0.313 e. The number of hydrogen-bond acceptors (Lipinski definition) is 2. The Morgan fingerprint density at radius 2 is 2.20 bits per heavy atom. The fourth-order valence-corrected chi connectivity index (χ4v) is 2.78. The molecule has 0 spiro atoms. The van der Waals surface area contributed by atoms with Crippen LogP contribution in [0.1, 0.15) is 52.4 Å². The summed E-state index contributed by atoms with van der Waals surface area (Å²) >= 11 is 1.96. The summed E-state index contributed by atoms with van der Waals surface area (Å²) in [6.07, 6.45) is 10.7. The van der Waals surface area contributed by atoms with Gasteiger partial charge in [0, 0.05) is 17.8 Å². The van der Waals surface area contributed by atoms with Crippen LogP contribution in [0.5, 0.6) is 0 Å². The van der Waals surface area contributed by atoms with E-state index in [-0.39, 0.29) is 0 Å². The molecule has 1 fully saturated rings. The molecule has 3 unspecified atom stereocenters. The van der Waals surface area contributed by atoms with E-state index >= 15 is 0 Å². The molecule has 0 bridgehead atoms. The summed E-state index contributed by atoms with van der Waals surface area (Å²) in [5, 5.41) is 4.53. The van der Waals surface area contributed by atoms with Crippen molar-refractivity contribution in [3.05, 3.63) is 0 Å². The fourth-order valence-electron chi connectivity index (χ4n) is 2.52. The molecule has 0 heterocycles. The standard InChI is InChI=1S/C13H27NS/c1-4-5-7-12-8-6-9-13(12)14-10-11(2)15-3/h11-14H,4-10H2,1-3H3. The zero-order valence-corrected chi connectivity index (χ0v) is 11.4. The van der Waals surface area contributed by atoms with Gasteiger partial charge in [0.25, 0.3) is 0 Å². The van der Waals surface area contributed by atoms with Crippen LogP contribution in [0.25, 0.3) is 0 Å². The van der Waals surface area contributed by atoms with Gasteiger partial charge in [-0.15, -0.1) is 0 Å². The van der Waals surface area contributed by atoms with Crippen molar-refractivity contribution < 1.29 is 0 Å². The third-order valence-electron chi connectivity index (χ3n) is 3.66. The van der Waals surface area contributed by atoms with Gasteiger partial charge in [0.15, 0.2) is 0 Å². The lowest BCUT2D eigenvalue weighted by atomic mass is 9.97. The number of thioether (sulfide) groups is 1. The van der Waals surface area contributed by atoms with E-state index in [4.69, 9.17) is 0 Å². The smallest absolute Gasteiger partial charge is 0.0141 e. The van der Waals surface area contributed by atoms with Crippen molar-refractivity contribution >= 4 is 11.8 Å². The lowest BCUT2D eigenvalue weighted by Gasteiger charge is -2.22. The van der Waals surface area contributed by atoms with Crippen LogP contribution in [0, 0.1) is 5.92 Å². The van der Waals surface area contributed by atoms with Gasteiger partial charge in [0.2, 0.25) is 0 Å². The second-order valence-electron chi connectivity index (χ2n) is 4.89. The van der Waals surface area contributed by atoms with Crippen molar-refractivity contribution in [2.24, 2.45) is 5.92 Å². The molecule has 0 aromatic heterocycles. The summed E-state index contributed by atoms with van der Waals surface area (Å²) in [7, 11) is 0. The predicted octanol–water partition coefficient (Wildman–Crippen LogP) is 3.69. The van der Waals surface area contributed by atoms with Gasteiger partial charge in [-0.25, -0.2) is 0 Å². The molecule has 0 saturated heterocycles. The first-order valence-corrected chi connectivity index (χ1v) is 7.82. The summed E-state index contributed by atoms with van der Waals surface area (Å²) < 4.78 is 0. The zero-order valence-electron chi connectivity index (χ0n) is 10.6. The number of rotatable bonds is 7. The fraction of sp³-hybridized carbons (Fsp3) is 1.00. The molecular formula is C13H27NS. The van der Waals surface area contributed by atoms with Crippen LogP contribution < -0.4 is 5.32 Å². The number of unbranched alkanes of at least 4 members (excludes halogenated alkanes) is 1. The molecule has 2 heteroatoms. The Balaban J connectivity index is 2.20. The van der Waals surface area contributed by atoms with Gasteiger partial charge in [0.1, 0.15) is 0 Å². The van der Waals surface area contributed by atoms with Crippen LogP contribution in [-0.4, -0.2) is 24.1 Å². The molecule has 0 amide bonds. The second-order valence-corrected chi connectivity index (χ2v) is 6.17. The van der Waals surface area contributed by atoms with E-state index < -0.39 is 0 Å². The van der Waals surface area contributed by atoms with Gasteiger partial charge in [-0.2, -0.15) is 11.8 Å². The topological polar surface area (TPSA) is 12.0 Å². The molecule has 1 N–H and O–H groups in total. The van der Waals surface area contributed by atoms with Gasteiger partial charge < -0.3 is 5.32 Å². The van der Waals surface area contributed by atoms with Crippen LogP contribution >= 0.6 is 11.8 Å². The number of hydrogen-bond donors (Lipinski definition) is 1. The minimum atomic E-state index is 0.762. The van der Waals surface area contributed by atoms with Crippen molar-refractivity contribution in [1.82, 2.24) is 5.32 Å². The van der Waals surface area contributed by atoms with Crippen molar-refractivity contribution in [2.75, 3.05) is 12.8 Å². The lowest BCUT2D eigenvalue weighted by Crippen LogP contribution is -2.36. The Kier molecular flexibility index (Phi) is 6.74. The highest BCUT2D eigenvalue weighted by Crippen LogP contribution is 2.29. The quantitative estimate of drug-likeness (QED) is 0.714. The Morgan fingerprint density at radius 3 is 2.87 bits per heavy atom. The van der Waals surface area contributed by atoms with E-state index in [9.17, 15) is 0 Å². The Hall–Kier alpha value is 0.310.